The number of ketones is 1. The molecule has 2 fully saturated rings. The van der Waals surface area contributed by atoms with Crippen molar-refractivity contribution in [2.45, 2.75) is 89.8 Å². The van der Waals surface area contributed by atoms with Gasteiger partial charge < -0.3 is 33.4 Å². The Morgan fingerprint density at radius 3 is 2.75 bits per heavy atom. The number of hydrogen-bond acceptors (Lipinski definition) is 15. The predicted molar refractivity (Wildman–Crippen MR) is 182 cm³/mol. The highest BCUT2D eigenvalue weighted by Gasteiger charge is 2.63. The molecule has 53 heavy (non-hydrogen) atoms. The maximum Gasteiger partial charge on any atom is 0.530 e. The molecule has 0 aliphatic carbocycles. The molecule has 4 N–H and O–H groups in total. The van der Waals surface area contributed by atoms with Crippen LogP contribution < -0.4 is 15.4 Å². The van der Waals surface area contributed by atoms with Crippen molar-refractivity contribution >= 4 is 54.2 Å². The fourth-order valence-corrected chi connectivity index (χ4v) is 6.82. The summed E-state index contributed by atoms with van der Waals surface area (Å²) in [6, 6.07) is 6.32. The molecule has 2 aliphatic rings. The van der Waals surface area contributed by atoms with Crippen molar-refractivity contribution in [3.05, 3.63) is 45.5 Å². The van der Waals surface area contributed by atoms with Gasteiger partial charge in [0, 0.05) is 31.8 Å². The summed E-state index contributed by atoms with van der Waals surface area (Å²) < 4.78 is 49.0. The topological polar surface area (TPSA) is 264 Å². The number of phosphoric ester groups is 1. The molecular weight excluding hydrogens is 743 g/mol. The zero-order valence-corrected chi connectivity index (χ0v) is 30.5. The number of nitrogens with zero attached hydrogens (tertiary/aromatic N) is 4. The van der Waals surface area contributed by atoms with Crippen molar-refractivity contribution in [3.63, 3.8) is 0 Å². The second-order valence-electron chi connectivity index (χ2n) is 12.6. The van der Waals surface area contributed by atoms with E-state index in [2.05, 4.69) is 20.3 Å². The Hall–Kier alpha value is -4.25. The molecule has 0 saturated carbocycles. The van der Waals surface area contributed by atoms with E-state index in [1.807, 2.05) is 6.07 Å². The number of esters is 1. The Bertz CT molecular complexity index is 1990. The first-order valence-corrected chi connectivity index (χ1v) is 18.4. The van der Waals surface area contributed by atoms with Crippen LogP contribution in [0.15, 0.2) is 29.3 Å². The van der Waals surface area contributed by atoms with Gasteiger partial charge in [-0.25, -0.2) is 14.1 Å². The number of carbonyl (C=O) groups excluding carboxylic acids is 3. The van der Waals surface area contributed by atoms with Gasteiger partial charge in [-0.15, -0.1) is 0 Å². The SMILES string of the molecule is CC(=O)CCC(=O)OC[C@H]1O[C@@H](n2cnc3c(=O)[nH]c(NC(=O)C(C)C)nc32)[C@H](OC2CCCO2)[C@@]1(O)OP(=O)(O)Oc1cccc(CCC#N)c1Cl. The monoisotopic (exact) mass is 780 g/mol. The lowest BCUT2D eigenvalue weighted by molar-refractivity contribution is -0.266. The van der Waals surface area contributed by atoms with Crippen LogP contribution in [0.4, 0.5) is 5.95 Å². The van der Waals surface area contributed by atoms with Crippen LogP contribution in [0.1, 0.15) is 64.7 Å². The third-order valence-electron chi connectivity index (χ3n) is 8.19. The van der Waals surface area contributed by atoms with Crippen molar-refractivity contribution in [1.82, 2.24) is 19.5 Å². The number of rotatable bonds is 16. The predicted octanol–water partition coefficient (Wildman–Crippen LogP) is 3.04. The lowest BCUT2D eigenvalue weighted by atomic mass is 10.1. The number of aliphatic hydroxyl groups is 1. The van der Waals surface area contributed by atoms with E-state index >= 15 is 0 Å². The van der Waals surface area contributed by atoms with Crippen LogP contribution in [0.2, 0.25) is 5.02 Å². The Morgan fingerprint density at radius 1 is 1.30 bits per heavy atom. The molecular formula is C32H38ClN6O13P. The number of phosphoric acid groups is 1. The van der Waals surface area contributed by atoms with E-state index in [0.29, 0.717) is 18.4 Å². The number of fused-ring (bicyclic) bond motifs is 1. The Morgan fingerprint density at radius 2 is 2.08 bits per heavy atom. The molecule has 3 aromatic rings. The number of amides is 1. The van der Waals surface area contributed by atoms with E-state index in [9.17, 15) is 33.7 Å². The molecule has 1 amide bonds. The largest absolute Gasteiger partial charge is 0.530 e. The number of aromatic nitrogens is 4. The highest BCUT2D eigenvalue weighted by atomic mass is 35.5. The van der Waals surface area contributed by atoms with Gasteiger partial charge in [-0.2, -0.15) is 10.2 Å². The fourth-order valence-electron chi connectivity index (χ4n) is 5.48. The van der Waals surface area contributed by atoms with Crippen LogP contribution in [0, 0.1) is 17.2 Å². The average Bonchev–Trinajstić information content (AvgIpc) is 3.82. The molecule has 6 atom stereocenters. The molecule has 2 unspecified atom stereocenters. The number of carbonyl (C=O) groups is 3. The number of benzene rings is 1. The molecule has 4 heterocycles. The van der Waals surface area contributed by atoms with Gasteiger partial charge in [0.25, 0.3) is 5.56 Å². The van der Waals surface area contributed by atoms with Crippen LogP contribution in [-0.4, -0.2) is 84.7 Å². The Labute approximate surface area is 307 Å². The molecule has 2 saturated heterocycles. The molecule has 0 spiro atoms. The van der Waals surface area contributed by atoms with E-state index in [1.165, 1.54) is 23.6 Å². The molecule has 2 aliphatic heterocycles. The van der Waals surface area contributed by atoms with Crippen LogP contribution in [-0.2, 0) is 48.8 Å². The number of imidazole rings is 1. The quantitative estimate of drug-likeness (QED) is 0.0924. The minimum absolute atomic E-state index is 0.0854. The molecule has 5 rings (SSSR count). The highest BCUT2D eigenvalue weighted by molar-refractivity contribution is 7.47. The first-order valence-electron chi connectivity index (χ1n) is 16.6. The van der Waals surface area contributed by atoms with Gasteiger partial charge in [0.15, 0.2) is 35.9 Å². The number of hydrogen-bond donors (Lipinski definition) is 4. The number of aromatic amines is 1. The molecule has 19 nitrogen and oxygen atoms in total. The van der Waals surface area contributed by atoms with Gasteiger partial charge in [0.05, 0.1) is 23.8 Å². The summed E-state index contributed by atoms with van der Waals surface area (Å²) in [6.45, 7) is 4.04. The number of nitrogens with one attached hydrogen (secondary N) is 2. The third-order valence-corrected chi connectivity index (χ3v) is 9.57. The van der Waals surface area contributed by atoms with E-state index in [4.69, 9.17) is 44.9 Å². The van der Waals surface area contributed by atoms with E-state index in [0.717, 1.165) is 6.33 Å². The number of aryl methyl sites for hydroxylation is 1. The van der Waals surface area contributed by atoms with Crippen LogP contribution in [0.5, 0.6) is 5.75 Å². The molecule has 286 valence electrons. The third kappa shape index (κ3) is 9.47. The lowest BCUT2D eigenvalue weighted by Crippen LogP contribution is -2.53. The highest BCUT2D eigenvalue weighted by Crippen LogP contribution is 2.54. The van der Waals surface area contributed by atoms with Crippen LogP contribution in [0.3, 0.4) is 0 Å². The van der Waals surface area contributed by atoms with Crippen molar-refractivity contribution in [3.8, 4) is 11.8 Å². The zero-order chi connectivity index (χ0) is 38.5. The van der Waals surface area contributed by atoms with Crippen molar-refractivity contribution in [2.75, 3.05) is 18.5 Å². The van der Waals surface area contributed by atoms with Gasteiger partial charge in [0.1, 0.15) is 18.1 Å². The van der Waals surface area contributed by atoms with Crippen molar-refractivity contribution < 1.29 is 56.9 Å². The average molecular weight is 781 g/mol. The Balaban J connectivity index is 1.56. The summed E-state index contributed by atoms with van der Waals surface area (Å²) >= 11 is 6.43. The lowest BCUT2D eigenvalue weighted by Gasteiger charge is -2.34. The van der Waals surface area contributed by atoms with Gasteiger partial charge in [-0.3, -0.25) is 34.1 Å². The standard InChI is InChI=1S/C32H38ClN6O13P/c1-17(2)28(42)37-31-36-27-25(29(43)38-31)35-16-39(27)30-26(50-23-10-6-14-47-23)32(44,21(49-30)15-48-22(41)12-11-18(3)40)52-53(45,46)51-20-9-4-7-19(24(20)33)8-5-13-34/h4,7,9,16-17,21,23,26,30,44H,5-6,8,10-12,14-15H2,1-3H3,(H,45,46)(H2,36,37,38,42,43)/t21-,23?,26+,30-,32+/m1/s1. The maximum absolute atomic E-state index is 13.8. The molecule has 0 radical (unpaired) electrons. The molecule has 1 aromatic carbocycles. The Kier molecular flexibility index (Phi) is 12.7. The van der Waals surface area contributed by atoms with E-state index < -0.39 is 68.3 Å². The number of Topliss-reactive ketones (excluding diaryl/α,β-unsaturated/α-hetero) is 1. The molecule has 0 bridgehead atoms. The van der Waals surface area contributed by atoms with Gasteiger partial charge >= 0.3 is 13.8 Å². The summed E-state index contributed by atoms with van der Waals surface area (Å²) in [5.74, 6) is -5.60. The normalized spacial score (nSPS) is 23.8. The number of anilines is 1. The summed E-state index contributed by atoms with van der Waals surface area (Å²) in [5.41, 5.74) is -0.684. The molecule has 2 aromatic heterocycles. The van der Waals surface area contributed by atoms with E-state index in [-0.39, 0.29) is 66.0 Å². The maximum atomic E-state index is 13.8. The van der Waals surface area contributed by atoms with Gasteiger partial charge in [-0.05, 0) is 31.4 Å². The fraction of sp³-hybridized carbons (Fsp3) is 0.531. The number of nitriles is 1. The van der Waals surface area contributed by atoms with Gasteiger partial charge in [-0.1, -0.05) is 37.6 Å². The summed E-state index contributed by atoms with van der Waals surface area (Å²) in [6.07, 6.45) is -4.31. The first kappa shape index (κ1) is 39.9. The van der Waals surface area contributed by atoms with E-state index in [1.54, 1.807) is 19.9 Å². The minimum Gasteiger partial charge on any atom is -0.463 e. The smallest absolute Gasteiger partial charge is 0.463 e. The summed E-state index contributed by atoms with van der Waals surface area (Å²) in [5, 5.41) is 23.8. The second-order valence-corrected chi connectivity index (χ2v) is 14.3. The van der Waals surface area contributed by atoms with Crippen molar-refractivity contribution in [2.24, 2.45) is 5.92 Å². The van der Waals surface area contributed by atoms with Crippen LogP contribution in [0.25, 0.3) is 11.2 Å². The minimum atomic E-state index is -5.42. The summed E-state index contributed by atoms with van der Waals surface area (Å²) in [4.78, 5) is 71.5. The molecule has 21 heteroatoms. The summed E-state index contributed by atoms with van der Waals surface area (Å²) in [7, 11) is -5.42. The number of halogens is 1. The number of H-pyrrole nitrogens is 1. The zero-order valence-electron chi connectivity index (χ0n) is 28.9. The van der Waals surface area contributed by atoms with Crippen molar-refractivity contribution in [1.29, 1.82) is 5.26 Å². The first-order chi connectivity index (χ1) is 25.1. The van der Waals surface area contributed by atoms with Crippen LogP contribution >= 0.6 is 19.4 Å². The van der Waals surface area contributed by atoms with Gasteiger partial charge in [0.2, 0.25) is 17.6 Å². The number of ether oxygens (including phenoxy) is 4. The second kappa shape index (κ2) is 16.8.